The van der Waals surface area contributed by atoms with Crippen molar-refractivity contribution in [3.05, 3.63) is 29.8 Å². The van der Waals surface area contributed by atoms with Crippen molar-refractivity contribution in [3.8, 4) is 5.75 Å². The first-order valence-electron chi connectivity index (χ1n) is 5.68. The summed E-state index contributed by atoms with van der Waals surface area (Å²) in [6, 6.07) is 6.55. The Morgan fingerprint density at radius 1 is 1.35 bits per heavy atom. The third-order valence-corrected chi connectivity index (χ3v) is 2.56. The van der Waals surface area contributed by atoms with E-state index in [2.05, 4.69) is 17.1 Å². The number of unbranched alkanes of at least 4 members (excludes halogenated alkanes) is 1. The zero-order valence-corrected chi connectivity index (χ0v) is 9.83. The molecule has 96 valence electrons. The minimum atomic E-state index is -2.82. The van der Waals surface area contributed by atoms with E-state index >= 15 is 0 Å². The predicted octanol–water partition coefficient (Wildman–Crippen LogP) is 2.98. The summed E-state index contributed by atoms with van der Waals surface area (Å²) < 4.78 is 29.0. The van der Waals surface area contributed by atoms with Crippen molar-refractivity contribution in [1.29, 1.82) is 0 Å². The van der Waals surface area contributed by atoms with Gasteiger partial charge in [-0.3, -0.25) is 11.3 Å². The highest BCUT2D eigenvalue weighted by molar-refractivity contribution is 5.35. The maximum atomic E-state index is 12.2. The first kappa shape index (κ1) is 13.9. The fraction of sp³-hybridized carbons (Fsp3) is 0.500. The quantitative estimate of drug-likeness (QED) is 0.572. The van der Waals surface area contributed by atoms with Crippen molar-refractivity contribution in [2.24, 2.45) is 5.84 Å². The summed E-state index contributed by atoms with van der Waals surface area (Å²) in [5.74, 6) is 5.63. The Morgan fingerprint density at radius 2 is 2.06 bits per heavy atom. The molecule has 0 bridgehead atoms. The van der Waals surface area contributed by atoms with Crippen LogP contribution in [0.4, 0.5) is 8.78 Å². The Balaban J connectivity index is 2.85. The molecule has 0 fully saturated rings. The van der Waals surface area contributed by atoms with Crippen LogP contribution < -0.4 is 16.0 Å². The van der Waals surface area contributed by atoms with E-state index < -0.39 is 6.61 Å². The Hall–Kier alpha value is -1.20. The fourth-order valence-electron chi connectivity index (χ4n) is 1.71. The van der Waals surface area contributed by atoms with Crippen LogP contribution >= 0.6 is 0 Å². The lowest BCUT2D eigenvalue weighted by molar-refractivity contribution is -0.0507. The summed E-state index contributed by atoms with van der Waals surface area (Å²) in [7, 11) is 0. The molecule has 17 heavy (non-hydrogen) atoms. The number of benzene rings is 1. The maximum Gasteiger partial charge on any atom is 0.387 e. The number of nitrogens with one attached hydrogen (secondary N) is 1. The van der Waals surface area contributed by atoms with Crippen LogP contribution in [-0.4, -0.2) is 6.61 Å². The van der Waals surface area contributed by atoms with Crippen molar-refractivity contribution in [3.63, 3.8) is 0 Å². The minimum Gasteiger partial charge on any atom is -0.434 e. The van der Waals surface area contributed by atoms with Gasteiger partial charge >= 0.3 is 6.61 Å². The van der Waals surface area contributed by atoms with Crippen LogP contribution in [0.1, 0.15) is 37.8 Å². The van der Waals surface area contributed by atoms with Crippen LogP contribution in [-0.2, 0) is 0 Å². The number of alkyl halides is 2. The van der Waals surface area contributed by atoms with Crippen molar-refractivity contribution < 1.29 is 13.5 Å². The van der Waals surface area contributed by atoms with Crippen LogP contribution in [0.5, 0.6) is 5.75 Å². The average Bonchev–Trinajstić information content (AvgIpc) is 2.31. The second kappa shape index (κ2) is 7.19. The summed E-state index contributed by atoms with van der Waals surface area (Å²) >= 11 is 0. The molecule has 0 aliphatic heterocycles. The van der Waals surface area contributed by atoms with Crippen molar-refractivity contribution >= 4 is 0 Å². The van der Waals surface area contributed by atoms with E-state index in [1.165, 1.54) is 6.07 Å². The van der Waals surface area contributed by atoms with Crippen molar-refractivity contribution in [2.45, 2.75) is 38.8 Å². The van der Waals surface area contributed by atoms with Gasteiger partial charge in [-0.2, -0.15) is 8.78 Å². The number of halogens is 2. The highest BCUT2D eigenvalue weighted by Gasteiger charge is 2.16. The molecule has 0 amide bonds. The highest BCUT2D eigenvalue weighted by Crippen LogP contribution is 2.28. The smallest absolute Gasteiger partial charge is 0.387 e. The molecule has 1 atom stereocenters. The number of nitrogens with two attached hydrogens (primary N) is 1. The van der Waals surface area contributed by atoms with Gasteiger partial charge in [0.15, 0.2) is 0 Å². The lowest BCUT2D eigenvalue weighted by Gasteiger charge is -2.19. The Bertz CT molecular complexity index is 334. The number of para-hydroxylation sites is 1. The van der Waals surface area contributed by atoms with E-state index in [4.69, 9.17) is 5.84 Å². The van der Waals surface area contributed by atoms with E-state index in [0.29, 0.717) is 5.56 Å². The second-order valence-electron chi connectivity index (χ2n) is 3.78. The van der Waals surface area contributed by atoms with Gasteiger partial charge < -0.3 is 4.74 Å². The number of hydrogen-bond donors (Lipinski definition) is 2. The Labute approximate surface area is 99.9 Å². The summed E-state index contributed by atoms with van der Waals surface area (Å²) in [6.07, 6.45) is 2.78. The van der Waals surface area contributed by atoms with Crippen molar-refractivity contribution in [2.75, 3.05) is 0 Å². The van der Waals surface area contributed by atoms with Crippen LogP contribution in [0.3, 0.4) is 0 Å². The fourth-order valence-corrected chi connectivity index (χ4v) is 1.71. The average molecular weight is 244 g/mol. The number of hydrogen-bond acceptors (Lipinski definition) is 3. The van der Waals surface area contributed by atoms with Gasteiger partial charge in [-0.1, -0.05) is 38.0 Å². The van der Waals surface area contributed by atoms with Gasteiger partial charge in [-0.25, -0.2) is 0 Å². The molecule has 1 aromatic carbocycles. The summed E-state index contributed by atoms with van der Waals surface area (Å²) in [6.45, 7) is -0.754. The third kappa shape index (κ3) is 4.28. The lowest BCUT2D eigenvalue weighted by atomic mass is 10.0. The molecule has 0 spiro atoms. The molecule has 0 saturated heterocycles. The second-order valence-corrected chi connectivity index (χ2v) is 3.78. The standard InChI is InChI=1S/C12H18F2N2O/c1-2-3-7-10(16-15)9-6-4-5-8-11(9)17-12(13)14/h4-6,8,10,12,16H,2-3,7,15H2,1H3. The van der Waals surface area contributed by atoms with Crippen molar-refractivity contribution in [1.82, 2.24) is 5.43 Å². The molecule has 0 aromatic heterocycles. The molecule has 0 heterocycles. The van der Waals surface area contributed by atoms with Gasteiger partial charge in [-0.05, 0) is 12.5 Å². The van der Waals surface area contributed by atoms with Gasteiger partial charge in [0.2, 0.25) is 0 Å². The van der Waals surface area contributed by atoms with E-state index in [-0.39, 0.29) is 11.8 Å². The number of ether oxygens (including phenoxy) is 1. The molecule has 1 unspecified atom stereocenters. The van der Waals surface area contributed by atoms with Gasteiger partial charge in [0.1, 0.15) is 5.75 Å². The molecule has 3 N–H and O–H groups in total. The largest absolute Gasteiger partial charge is 0.434 e. The molecule has 0 aliphatic rings. The number of hydrazine groups is 1. The van der Waals surface area contributed by atoms with E-state index in [1.54, 1.807) is 18.2 Å². The molecule has 0 radical (unpaired) electrons. The van der Waals surface area contributed by atoms with Crippen LogP contribution in [0.25, 0.3) is 0 Å². The Morgan fingerprint density at radius 3 is 2.65 bits per heavy atom. The molecule has 5 heteroatoms. The van der Waals surface area contributed by atoms with E-state index in [9.17, 15) is 8.78 Å². The monoisotopic (exact) mass is 244 g/mol. The zero-order valence-electron chi connectivity index (χ0n) is 9.83. The summed E-state index contributed by atoms with van der Waals surface area (Å²) in [5, 5.41) is 0. The highest BCUT2D eigenvalue weighted by atomic mass is 19.3. The summed E-state index contributed by atoms with van der Waals surface area (Å²) in [4.78, 5) is 0. The first-order valence-corrected chi connectivity index (χ1v) is 5.68. The van der Waals surface area contributed by atoms with E-state index in [0.717, 1.165) is 19.3 Å². The maximum absolute atomic E-state index is 12.2. The number of rotatable bonds is 7. The van der Waals surface area contributed by atoms with E-state index in [1.807, 2.05) is 0 Å². The molecular formula is C12H18F2N2O. The molecule has 1 aromatic rings. The molecular weight excluding hydrogens is 226 g/mol. The summed E-state index contributed by atoms with van der Waals surface area (Å²) in [5.41, 5.74) is 3.31. The van der Waals surface area contributed by atoms with Gasteiger partial charge in [0.25, 0.3) is 0 Å². The molecule has 3 nitrogen and oxygen atoms in total. The third-order valence-electron chi connectivity index (χ3n) is 2.56. The van der Waals surface area contributed by atoms with Gasteiger partial charge in [-0.15, -0.1) is 0 Å². The molecule has 0 aliphatic carbocycles. The van der Waals surface area contributed by atoms with Crippen LogP contribution in [0.2, 0.25) is 0 Å². The van der Waals surface area contributed by atoms with Gasteiger partial charge in [0.05, 0.1) is 0 Å². The van der Waals surface area contributed by atoms with Crippen LogP contribution in [0.15, 0.2) is 24.3 Å². The lowest BCUT2D eigenvalue weighted by Crippen LogP contribution is -2.28. The predicted molar refractivity (Wildman–Crippen MR) is 62.7 cm³/mol. The SMILES string of the molecule is CCCCC(NN)c1ccccc1OC(F)F. The molecule has 1 rings (SSSR count). The Kier molecular flexibility index (Phi) is 5.86. The van der Waals surface area contributed by atoms with Gasteiger partial charge in [0, 0.05) is 11.6 Å². The van der Waals surface area contributed by atoms with Crippen LogP contribution in [0, 0.1) is 0 Å². The first-order chi connectivity index (χ1) is 8.19. The zero-order chi connectivity index (χ0) is 12.7. The molecule has 0 saturated carbocycles. The topological polar surface area (TPSA) is 47.3 Å². The minimum absolute atomic E-state index is 0.162. The normalized spacial score (nSPS) is 12.8.